The number of anilines is 1. The van der Waals surface area contributed by atoms with Crippen LogP contribution in [0.1, 0.15) is 39.0 Å². The third-order valence-electron chi connectivity index (χ3n) is 7.18. The summed E-state index contributed by atoms with van der Waals surface area (Å²) in [4.78, 5) is 29.5. The van der Waals surface area contributed by atoms with Crippen molar-refractivity contribution in [3.63, 3.8) is 0 Å². The van der Waals surface area contributed by atoms with Crippen LogP contribution in [0.4, 0.5) is 5.69 Å². The van der Waals surface area contributed by atoms with Gasteiger partial charge >= 0.3 is 5.97 Å². The molecule has 214 valence electrons. The molecule has 4 atom stereocenters. The number of methoxy groups -OCH3 is 2. The number of fused-ring (bicyclic) bond motifs is 1. The molecule has 1 aliphatic rings. The summed E-state index contributed by atoms with van der Waals surface area (Å²) < 4.78 is 34.7. The van der Waals surface area contributed by atoms with Gasteiger partial charge in [-0.05, 0) is 55.2 Å². The first-order valence-corrected chi connectivity index (χ1v) is 13.8. The van der Waals surface area contributed by atoms with Gasteiger partial charge in [0, 0.05) is 24.2 Å². The molecule has 0 saturated carbocycles. The number of hydrogen-bond acceptors (Lipinski definition) is 7. The number of carboxylic acid groups (broad SMARTS) is 1. The zero-order valence-corrected chi connectivity index (χ0v) is 23.2. The van der Waals surface area contributed by atoms with Crippen LogP contribution in [0.5, 0.6) is 11.5 Å². The van der Waals surface area contributed by atoms with Gasteiger partial charge in [0.15, 0.2) is 28.5 Å². The zero-order chi connectivity index (χ0) is 28.7. The van der Waals surface area contributed by atoms with Gasteiger partial charge in [-0.25, -0.2) is 9.00 Å². The number of aliphatic imine (C=N–C) groups is 1. The summed E-state index contributed by atoms with van der Waals surface area (Å²) in [5.74, 6) is -1.00. The highest BCUT2D eigenvalue weighted by molar-refractivity contribution is 7.81. The van der Waals surface area contributed by atoms with Gasteiger partial charge < -0.3 is 40.8 Å². The van der Waals surface area contributed by atoms with Crippen molar-refractivity contribution in [1.82, 2.24) is 4.90 Å². The Morgan fingerprint density at radius 2 is 1.92 bits per heavy atom. The summed E-state index contributed by atoms with van der Waals surface area (Å²) in [6.45, 7) is 2.24. The maximum Gasteiger partial charge on any atom is 0.326 e. The molecular formula is C26H37N5O7S. The average Bonchev–Trinajstić information content (AvgIpc) is 2.92. The molecule has 39 heavy (non-hydrogen) atoms. The van der Waals surface area contributed by atoms with E-state index in [1.165, 1.54) is 19.1 Å². The lowest BCUT2D eigenvalue weighted by molar-refractivity contribution is -0.154. The Bertz CT molecular complexity index is 1250. The number of ether oxygens (including phenoxy) is 2. The zero-order valence-electron chi connectivity index (χ0n) is 22.4. The van der Waals surface area contributed by atoms with Gasteiger partial charge in [-0.1, -0.05) is 25.5 Å². The molecule has 0 spiro atoms. The lowest BCUT2D eigenvalue weighted by Gasteiger charge is -2.42. The SMILES string of the molecule is CCC1CCN(C(=O)[C@](CCCN=C(N)N)(Nc2cccc3cc(OC)c(OC)cc23)S(=O)O)C(C(=O)O)C1. The smallest absolute Gasteiger partial charge is 0.326 e. The van der Waals surface area contributed by atoms with Crippen LogP contribution >= 0.6 is 0 Å². The van der Waals surface area contributed by atoms with E-state index < -0.39 is 33.9 Å². The van der Waals surface area contributed by atoms with Crippen LogP contribution in [0.3, 0.4) is 0 Å². The molecule has 12 nitrogen and oxygen atoms in total. The highest BCUT2D eigenvalue weighted by Crippen LogP contribution is 2.38. The Morgan fingerprint density at radius 3 is 2.51 bits per heavy atom. The first-order chi connectivity index (χ1) is 18.6. The Hall–Kier alpha value is -3.58. The van der Waals surface area contributed by atoms with Crippen molar-refractivity contribution < 1.29 is 32.9 Å². The quantitative estimate of drug-likeness (QED) is 0.111. The monoisotopic (exact) mass is 563 g/mol. The molecule has 1 fully saturated rings. The topological polar surface area (TPSA) is 190 Å². The van der Waals surface area contributed by atoms with E-state index >= 15 is 0 Å². The van der Waals surface area contributed by atoms with Crippen LogP contribution in [0.25, 0.3) is 10.8 Å². The Labute approximate surface area is 230 Å². The molecule has 1 saturated heterocycles. The van der Waals surface area contributed by atoms with Crippen molar-refractivity contribution in [2.45, 2.75) is 49.9 Å². The maximum atomic E-state index is 14.2. The van der Waals surface area contributed by atoms with Crippen LogP contribution < -0.4 is 26.3 Å². The lowest BCUT2D eigenvalue weighted by Crippen LogP contribution is -2.62. The number of piperidine rings is 1. The standard InChI is InChI=1S/C26H37N5O7S/c1-4-16-9-12-31(20(13-16)23(32)33)24(34)26(39(35)36,10-6-11-29-25(27)28)30-19-8-5-7-17-14-21(37-2)22(38-3)15-18(17)19/h5,7-8,14-16,20,30H,4,6,9-13H2,1-3H3,(H,32,33)(H,35,36)(H4,27,28,29)/t16?,20?,26-/m1/s1. The second-order valence-corrected chi connectivity index (χ2v) is 10.7. The predicted molar refractivity (Wildman–Crippen MR) is 150 cm³/mol. The van der Waals surface area contributed by atoms with Crippen LogP contribution in [0.2, 0.25) is 0 Å². The number of hydrogen-bond donors (Lipinski definition) is 5. The molecule has 3 rings (SSSR count). The molecule has 13 heteroatoms. The van der Waals surface area contributed by atoms with Gasteiger partial charge in [0.1, 0.15) is 6.04 Å². The van der Waals surface area contributed by atoms with Gasteiger partial charge in [-0.3, -0.25) is 9.79 Å². The van der Waals surface area contributed by atoms with Crippen molar-refractivity contribution in [1.29, 1.82) is 0 Å². The third-order valence-corrected chi connectivity index (χ3v) is 8.26. The van der Waals surface area contributed by atoms with Crippen molar-refractivity contribution in [3.8, 4) is 11.5 Å². The fourth-order valence-electron chi connectivity index (χ4n) is 5.01. The van der Waals surface area contributed by atoms with Crippen LogP contribution in [0, 0.1) is 5.92 Å². The summed E-state index contributed by atoms with van der Waals surface area (Å²) in [6, 6.07) is 7.59. The molecule has 0 aromatic heterocycles. The van der Waals surface area contributed by atoms with Gasteiger partial charge in [0.05, 0.1) is 14.2 Å². The van der Waals surface area contributed by atoms with E-state index in [2.05, 4.69) is 10.3 Å². The molecule has 0 bridgehead atoms. The number of likely N-dealkylation sites (tertiary alicyclic amines) is 1. The summed E-state index contributed by atoms with van der Waals surface area (Å²) in [6.07, 6.45) is 1.68. The number of carbonyl (C=O) groups excluding carboxylic acids is 1. The maximum absolute atomic E-state index is 14.2. The van der Waals surface area contributed by atoms with Crippen molar-refractivity contribution >= 4 is 45.4 Å². The summed E-state index contributed by atoms with van der Waals surface area (Å²) in [5.41, 5.74) is 11.3. The van der Waals surface area contributed by atoms with Crippen LogP contribution in [0.15, 0.2) is 35.3 Å². The van der Waals surface area contributed by atoms with E-state index in [9.17, 15) is 23.5 Å². The highest BCUT2D eigenvalue weighted by Gasteiger charge is 2.50. The number of nitrogens with two attached hydrogens (primary N) is 2. The average molecular weight is 564 g/mol. The van der Waals surface area contributed by atoms with Gasteiger partial charge in [-0.2, -0.15) is 0 Å². The number of carboxylic acids is 1. The van der Waals surface area contributed by atoms with E-state index in [4.69, 9.17) is 20.9 Å². The molecule has 1 aliphatic heterocycles. The molecule has 2 aromatic carbocycles. The summed E-state index contributed by atoms with van der Waals surface area (Å²) in [7, 11) is 3.01. The van der Waals surface area contributed by atoms with E-state index in [1.807, 2.05) is 13.0 Å². The molecule has 7 N–H and O–H groups in total. The number of amides is 1. The molecule has 2 aromatic rings. The normalized spacial score (nSPS) is 19.5. The van der Waals surface area contributed by atoms with E-state index in [0.29, 0.717) is 29.0 Å². The Kier molecular flexibility index (Phi) is 9.97. The number of nitrogens with zero attached hydrogens (tertiary/aromatic N) is 2. The number of benzene rings is 2. The minimum atomic E-state index is -2.77. The molecule has 0 aliphatic carbocycles. The van der Waals surface area contributed by atoms with Gasteiger partial charge in [-0.15, -0.1) is 0 Å². The lowest BCUT2D eigenvalue weighted by atomic mass is 9.88. The summed E-state index contributed by atoms with van der Waals surface area (Å²) >= 11 is -2.77. The minimum absolute atomic E-state index is 0.108. The van der Waals surface area contributed by atoms with E-state index in [0.717, 1.165) is 11.8 Å². The first-order valence-electron chi connectivity index (χ1n) is 12.7. The van der Waals surface area contributed by atoms with Crippen molar-refractivity contribution in [2.75, 3.05) is 32.6 Å². The molecule has 0 radical (unpaired) electrons. The summed E-state index contributed by atoms with van der Waals surface area (Å²) in [5, 5.41) is 14.4. The number of rotatable bonds is 12. The minimum Gasteiger partial charge on any atom is -0.493 e. The number of aliphatic carboxylic acids is 1. The van der Waals surface area contributed by atoms with Crippen LogP contribution in [-0.4, -0.2) is 74.8 Å². The highest BCUT2D eigenvalue weighted by atomic mass is 32.2. The fourth-order valence-corrected chi connectivity index (χ4v) is 5.80. The van der Waals surface area contributed by atoms with E-state index in [-0.39, 0.29) is 44.2 Å². The van der Waals surface area contributed by atoms with Gasteiger partial charge in [0.2, 0.25) is 4.87 Å². The largest absolute Gasteiger partial charge is 0.493 e. The van der Waals surface area contributed by atoms with Crippen molar-refractivity contribution in [2.24, 2.45) is 22.4 Å². The Balaban J connectivity index is 2.12. The van der Waals surface area contributed by atoms with Crippen LogP contribution in [-0.2, 0) is 20.7 Å². The number of carbonyl (C=O) groups is 2. The van der Waals surface area contributed by atoms with E-state index in [1.54, 1.807) is 24.3 Å². The third kappa shape index (κ3) is 6.53. The fraction of sp³-hybridized carbons (Fsp3) is 0.500. The number of nitrogens with one attached hydrogen (secondary N) is 1. The second kappa shape index (κ2) is 13.0. The molecular weight excluding hydrogens is 526 g/mol. The first kappa shape index (κ1) is 30.0. The molecule has 1 amide bonds. The second-order valence-electron chi connectivity index (χ2n) is 9.50. The van der Waals surface area contributed by atoms with Gasteiger partial charge in [0.25, 0.3) is 5.91 Å². The molecule has 3 unspecified atom stereocenters. The Morgan fingerprint density at radius 1 is 1.23 bits per heavy atom. The number of guanidine groups is 1. The molecule has 1 heterocycles. The predicted octanol–water partition coefficient (Wildman–Crippen LogP) is 2.34. The van der Waals surface area contributed by atoms with Crippen molar-refractivity contribution in [3.05, 3.63) is 30.3 Å².